The highest BCUT2D eigenvalue weighted by molar-refractivity contribution is 7.19. The van der Waals surface area contributed by atoms with Crippen molar-refractivity contribution < 1.29 is 23.0 Å². The fraction of sp³-hybridized carbons (Fsp3) is 0.300. The summed E-state index contributed by atoms with van der Waals surface area (Å²) in [5.41, 5.74) is 1.22. The van der Waals surface area contributed by atoms with Crippen LogP contribution in [0.2, 0.25) is 0 Å². The van der Waals surface area contributed by atoms with E-state index in [9.17, 15) is 18.3 Å². The minimum Gasteiger partial charge on any atom is -0.387 e. The molecule has 0 bridgehead atoms. The van der Waals surface area contributed by atoms with Crippen molar-refractivity contribution in [3.8, 4) is 0 Å². The van der Waals surface area contributed by atoms with E-state index >= 15 is 0 Å². The summed E-state index contributed by atoms with van der Waals surface area (Å²) in [5.74, 6) is 0. The first kappa shape index (κ1) is 18.9. The normalized spacial score (nSPS) is 13.3. The van der Waals surface area contributed by atoms with Gasteiger partial charge in [0.05, 0.1) is 18.3 Å². The van der Waals surface area contributed by atoms with E-state index in [4.69, 9.17) is 4.74 Å². The van der Waals surface area contributed by atoms with Crippen molar-refractivity contribution in [3.63, 3.8) is 0 Å². The molecule has 1 unspecified atom stereocenters. The van der Waals surface area contributed by atoms with Crippen LogP contribution in [0.5, 0.6) is 0 Å². The molecule has 2 aromatic carbocycles. The molecule has 0 saturated heterocycles. The minimum absolute atomic E-state index is 0.373. The lowest BCUT2D eigenvalue weighted by atomic mass is 10.1. The molecule has 26 heavy (non-hydrogen) atoms. The highest BCUT2D eigenvalue weighted by atomic mass is 32.1. The second kappa shape index (κ2) is 7.78. The van der Waals surface area contributed by atoms with Gasteiger partial charge >= 0.3 is 6.18 Å². The monoisotopic (exact) mass is 380 g/mol. The van der Waals surface area contributed by atoms with Gasteiger partial charge in [-0.2, -0.15) is 13.2 Å². The zero-order chi connectivity index (χ0) is 18.7. The Bertz CT molecular complexity index is 872. The van der Waals surface area contributed by atoms with Gasteiger partial charge in [0, 0.05) is 22.6 Å². The zero-order valence-corrected chi connectivity index (χ0v) is 15.0. The third-order valence-corrected chi connectivity index (χ3v) is 5.61. The van der Waals surface area contributed by atoms with Crippen LogP contribution in [0.3, 0.4) is 0 Å². The van der Waals surface area contributed by atoms with Crippen LogP contribution in [0, 0.1) is 6.92 Å². The molecule has 6 heteroatoms. The number of halogens is 3. The van der Waals surface area contributed by atoms with Crippen molar-refractivity contribution in [2.75, 3.05) is 6.61 Å². The summed E-state index contributed by atoms with van der Waals surface area (Å²) < 4.78 is 44.7. The van der Waals surface area contributed by atoms with E-state index in [-0.39, 0.29) is 0 Å². The molecule has 3 rings (SSSR count). The van der Waals surface area contributed by atoms with E-state index in [1.165, 1.54) is 17.4 Å². The number of aliphatic hydroxyl groups excluding tert-OH is 1. The third-order valence-electron chi connectivity index (χ3n) is 4.25. The lowest BCUT2D eigenvalue weighted by molar-refractivity contribution is -0.137. The Morgan fingerprint density at radius 1 is 1.12 bits per heavy atom. The number of ether oxygens (including phenoxy) is 1. The van der Waals surface area contributed by atoms with Crippen LogP contribution in [0.1, 0.15) is 34.1 Å². The summed E-state index contributed by atoms with van der Waals surface area (Å²) in [6.07, 6.45) is -4.72. The molecule has 1 atom stereocenters. The van der Waals surface area contributed by atoms with E-state index in [1.807, 2.05) is 37.3 Å². The van der Waals surface area contributed by atoms with Crippen molar-refractivity contribution >= 4 is 21.4 Å². The first-order valence-electron chi connectivity index (χ1n) is 8.26. The fourth-order valence-electron chi connectivity index (χ4n) is 2.83. The maximum atomic E-state index is 12.9. The van der Waals surface area contributed by atoms with Gasteiger partial charge in [-0.15, -0.1) is 11.3 Å². The highest BCUT2D eigenvalue weighted by Crippen LogP contribution is 2.39. The summed E-state index contributed by atoms with van der Waals surface area (Å²) in [6, 6.07) is 13.4. The molecular weight excluding hydrogens is 361 g/mol. The average Bonchev–Trinajstić information content (AvgIpc) is 2.95. The molecule has 0 saturated carbocycles. The summed E-state index contributed by atoms with van der Waals surface area (Å²) in [6.45, 7) is 2.67. The molecule has 0 amide bonds. The molecule has 138 valence electrons. The number of thiophene rings is 1. The second-order valence-corrected chi connectivity index (χ2v) is 7.23. The van der Waals surface area contributed by atoms with Crippen molar-refractivity contribution in [1.82, 2.24) is 0 Å². The van der Waals surface area contributed by atoms with E-state index in [1.54, 1.807) is 0 Å². The first-order valence-corrected chi connectivity index (χ1v) is 9.08. The number of rotatable bonds is 6. The summed E-state index contributed by atoms with van der Waals surface area (Å²) >= 11 is 1.21. The maximum Gasteiger partial charge on any atom is 0.416 e. The maximum absolute atomic E-state index is 12.9. The molecule has 2 nitrogen and oxygen atoms in total. The molecular formula is C20H19F3O2S. The highest BCUT2D eigenvalue weighted by Gasteiger charge is 2.31. The quantitative estimate of drug-likeness (QED) is 0.542. The Kier molecular flexibility index (Phi) is 5.65. The van der Waals surface area contributed by atoms with E-state index < -0.39 is 17.8 Å². The molecule has 1 aromatic heterocycles. The SMILES string of the molecule is Cc1c(C(O)CCOCc2ccccc2)sc2cc(C(F)(F)F)ccc12. The van der Waals surface area contributed by atoms with Crippen LogP contribution in [-0.4, -0.2) is 11.7 Å². The second-order valence-electron chi connectivity index (χ2n) is 6.14. The van der Waals surface area contributed by atoms with Crippen LogP contribution >= 0.6 is 11.3 Å². The van der Waals surface area contributed by atoms with Gasteiger partial charge in [0.2, 0.25) is 0 Å². The van der Waals surface area contributed by atoms with Crippen molar-refractivity contribution in [2.45, 2.75) is 32.2 Å². The van der Waals surface area contributed by atoms with Crippen LogP contribution in [-0.2, 0) is 17.5 Å². The fourth-order valence-corrected chi connectivity index (χ4v) is 4.10. The van der Waals surface area contributed by atoms with Crippen LogP contribution < -0.4 is 0 Å². The van der Waals surface area contributed by atoms with Crippen molar-refractivity contribution in [2.24, 2.45) is 0 Å². The van der Waals surface area contributed by atoms with Gasteiger partial charge in [-0.25, -0.2) is 0 Å². The van der Waals surface area contributed by atoms with Gasteiger partial charge in [0.15, 0.2) is 0 Å². The molecule has 0 fully saturated rings. The Hall–Kier alpha value is -1.89. The molecule has 3 aromatic rings. The Morgan fingerprint density at radius 2 is 1.85 bits per heavy atom. The molecule has 0 spiro atoms. The van der Waals surface area contributed by atoms with Gasteiger partial charge in [-0.05, 0) is 35.6 Å². The van der Waals surface area contributed by atoms with Crippen LogP contribution in [0.15, 0.2) is 48.5 Å². The predicted octanol–water partition coefficient (Wildman–Crippen LogP) is 5.87. The number of alkyl halides is 3. The standard InChI is InChI=1S/C20H19F3O2S/c1-13-16-8-7-15(20(21,22)23)11-18(16)26-19(13)17(24)9-10-25-12-14-5-3-2-4-6-14/h2-8,11,17,24H,9-10,12H2,1H3. The van der Waals surface area contributed by atoms with Crippen LogP contribution in [0.25, 0.3) is 10.1 Å². The van der Waals surface area contributed by atoms with Gasteiger partial charge in [-0.1, -0.05) is 36.4 Å². The largest absolute Gasteiger partial charge is 0.416 e. The topological polar surface area (TPSA) is 29.5 Å². The number of hydrogen-bond acceptors (Lipinski definition) is 3. The summed E-state index contributed by atoms with van der Waals surface area (Å²) in [7, 11) is 0. The molecule has 0 aliphatic carbocycles. The number of aliphatic hydroxyl groups is 1. The average molecular weight is 380 g/mol. The summed E-state index contributed by atoms with van der Waals surface area (Å²) in [5, 5.41) is 11.2. The number of hydrogen-bond donors (Lipinski definition) is 1. The van der Waals surface area contributed by atoms with Gasteiger partial charge < -0.3 is 9.84 Å². The number of benzene rings is 2. The molecule has 0 radical (unpaired) electrons. The number of aryl methyl sites for hydroxylation is 1. The minimum atomic E-state index is -4.36. The lowest BCUT2D eigenvalue weighted by Gasteiger charge is -2.10. The van der Waals surface area contributed by atoms with E-state index in [0.29, 0.717) is 29.2 Å². The summed E-state index contributed by atoms with van der Waals surface area (Å²) in [4.78, 5) is 0.697. The molecule has 1 heterocycles. The Morgan fingerprint density at radius 3 is 2.54 bits per heavy atom. The van der Waals surface area contributed by atoms with Gasteiger partial charge in [0.1, 0.15) is 0 Å². The first-order chi connectivity index (χ1) is 12.4. The molecule has 1 N–H and O–H groups in total. The van der Waals surface area contributed by atoms with Gasteiger partial charge in [-0.3, -0.25) is 0 Å². The lowest BCUT2D eigenvalue weighted by Crippen LogP contribution is -2.03. The molecule has 0 aliphatic heterocycles. The van der Waals surface area contributed by atoms with Crippen molar-refractivity contribution in [3.05, 3.63) is 70.1 Å². The van der Waals surface area contributed by atoms with Crippen molar-refractivity contribution in [1.29, 1.82) is 0 Å². The predicted molar refractivity (Wildman–Crippen MR) is 97.2 cm³/mol. The van der Waals surface area contributed by atoms with Gasteiger partial charge in [0.25, 0.3) is 0 Å². The van der Waals surface area contributed by atoms with E-state index in [0.717, 1.165) is 28.6 Å². The zero-order valence-electron chi connectivity index (χ0n) is 14.2. The smallest absolute Gasteiger partial charge is 0.387 e. The third kappa shape index (κ3) is 4.26. The van der Waals surface area contributed by atoms with Crippen LogP contribution in [0.4, 0.5) is 13.2 Å². The molecule has 0 aliphatic rings. The Balaban J connectivity index is 1.66. The number of fused-ring (bicyclic) bond motifs is 1. The van der Waals surface area contributed by atoms with E-state index in [2.05, 4.69) is 0 Å². The Labute approximate surface area is 153 Å².